The lowest BCUT2D eigenvalue weighted by Crippen LogP contribution is -2.51. The number of hydrogen-bond acceptors (Lipinski definition) is 9. The molecule has 0 bridgehead atoms. The summed E-state index contributed by atoms with van der Waals surface area (Å²) in [6.45, 7) is 9.10. The van der Waals surface area contributed by atoms with Crippen LogP contribution >= 0.6 is 0 Å². The molecule has 2 aliphatic rings. The smallest absolute Gasteiger partial charge is 0.142 e. The van der Waals surface area contributed by atoms with E-state index < -0.39 is 6.10 Å². The van der Waals surface area contributed by atoms with Gasteiger partial charge in [-0.2, -0.15) is 0 Å². The predicted octanol–water partition coefficient (Wildman–Crippen LogP) is 3.51. The number of rotatable bonds is 17. The van der Waals surface area contributed by atoms with Crippen LogP contribution in [-0.2, 0) is 36.9 Å². The molecule has 228 valence electrons. The Morgan fingerprint density at radius 1 is 0.951 bits per heavy atom. The molecule has 0 spiro atoms. The zero-order valence-corrected chi connectivity index (χ0v) is 24.9. The summed E-state index contributed by atoms with van der Waals surface area (Å²) in [7, 11) is 3.41. The molecule has 2 heterocycles. The molecule has 1 saturated heterocycles. The summed E-state index contributed by atoms with van der Waals surface area (Å²) in [4.78, 5) is 2.37. The van der Waals surface area contributed by atoms with Crippen molar-refractivity contribution in [1.82, 2.24) is 5.32 Å². The molecule has 9 heteroatoms. The van der Waals surface area contributed by atoms with Crippen molar-refractivity contribution in [3.63, 3.8) is 0 Å². The first-order valence-corrected chi connectivity index (χ1v) is 14.9. The number of ether oxygens (including phenoxy) is 6. The van der Waals surface area contributed by atoms with Crippen LogP contribution in [0.1, 0.15) is 42.4 Å². The fourth-order valence-corrected chi connectivity index (χ4v) is 5.38. The van der Waals surface area contributed by atoms with Crippen LogP contribution < -0.4 is 15.0 Å². The van der Waals surface area contributed by atoms with E-state index in [1.807, 2.05) is 6.92 Å². The van der Waals surface area contributed by atoms with Crippen molar-refractivity contribution in [2.24, 2.45) is 0 Å². The summed E-state index contributed by atoms with van der Waals surface area (Å²) in [5, 5.41) is 13.7. The number of methoxy groups -OCH3 is 2. The molecule has 2 aromatic rings. The Labute approximate surface area is 245 Å². The second-order valence-corrected chi connectivity index (χ2v) is 10.7. The normalized spacial score (nSPS) is 21.4. The third kappa shape index (κ3) is 9.38. The third-order valence-corrected chi connectivity index (χ3v) is 7.75. The molecule has 4 atom stereocenters. The van der Waals surface area contributed by atoms with Gasteiger partial charge in [-0.15, -0.1) is 0 Å². The number of hydrogen-bond donors (Lipinski definition) is 2. The van der Waals surface area contributed by atoms with E-state index in [0.29, 0.717) is 52.6 Å². The summed E-state index contributed by atoms with van der Waals surface area (Å²) in [5.74, 6) is 0.944. The summed E-state index contributed by atoms with van der Waals surface area (Å²) in [5.41, 5.74) is 4.50. The molecule has 0 saturated carbocycles. The Kier molecular flexibility index (Phi) is 13.2. The monoisotopic (exact) mass is 572 g/mol. The molecule has 2 aliphatic heterocycles. The van der Waals surface area contributed by atoms with Crippen LogP contribution in [0.25, 0.3) is 0 Å². The fraction of sp³-hybridized carbons (Fsp3) is 0.625. The molecule has 0 amide bonds. The highest BCUT2D eigenvalue weighted by Crippen LogP contribution is 2.34. The van der Waals surface area contributed by atoms with Gasteiger partial charge in [-0.1, -0.05) is 37.3 Å². The second kappa shape index (κ2) is 17.0. The van der Waals surface area contributed by atoms with Crippen LogP contribution in [0.15, 0.2) is 42.5 Å². The number of aliphatic hydroxyl groups excluding tert-OH is 1. The zero-order chi connectivity index (χ0) is 28.9. The lowest BCUT2D eigenvalue weighted by atomic mass is 9.85. The summed E-state index contributed by atoms with van der Waals surface area (Å²) >= 11 is 0. The first kappa shape index (κ1) is 31.7. The minimum Gasteiger partial charge on any atom is -0.490 e. The summed E-state index contributed by atoms with van der Waals surface area (Å²) in [6.07, 6.45) is 0.937. The molecule has 9 nitrogen and oxygen atoms in total. The molecule has 2 aromatic carbocycles. The van der Waals surface area contributed by atoms with Gasteiger partial charge in [-0.05, 0) is 41.7 Å². The van der Waals surface area contributed by atoms with Crippen molar-refractivity contribution in [2.45, 2.75) is 57.2 Å². The predicted molar refractivity (Wildman–Crippen MR) is 159 cm³/mol. The molecule has 0 aliphatic carbocycles. The van der Waals surface area contributed by atoms with Crippen LogP contribution in [0.3, 0.4) is 0 Å². The molecule has 4 rings (SSSR count). The number of benzene rings is 2. The molecule has 1 fully saturated rings. The average Bonchev–Trinajstić information content (AvgIpc) is 3.01. The van der Waals surface area contributed by atoms with E-state index >= 15 is 0 Å². The standard InChI is InChI=1S/C32H48N2O7/c1-4-27(35)23-41-31-20-33-19-30(32(31)26-9-6-24(7-10-26)21-38-17-16-37-3)40-22-25-8-11-29-28(18-25)34(13-15-39-29)12-5-14-36-2/h6-11,18,27,30-33,35H,4-5,12-17,19-23H2,1-3H3/t27-,30-,31+,32+/m0/s1. The molecule has 2 N–H and O–H groups in total. The molecular weight excluding hydrogens is 524 g/mol. The maximum absolute atomic E-state index is 10.2. The number of nitrogens with one attached hydrogen (secondary N) is 1. The van der Waals surface area contributed by atoms with E-state index in [9.17, 15) is 5.11 Å². The first-order chi connectivity index (χ1) is 20.1. The highest BCUT2D eigenvalue weighted by atomic mass is 16.5. The lowest BCUT2D eigenvalue weighted by Gasteiger charge is -2.39. The Morgan fingerprint density at radius 3 is 2.46 bits per heavy atom. The van der Waals surface area contributed by atoms with Gasteiger partial charge in [0, 0.05) is 46.4 Å². The van der Waals surface area contributed by atoms with E-state index in [2.05, 4.69) is 52.7 Å². The number of piperidine rings is 1. The van der Waals surface area contributed by atoms with Crippen LogP contribution in [0, 0.1) is 0 Å². The van der Waals surface area contributed by atoms with Gasteiger partial charge in [-0.3, -0.25) is 0 Å². The number of aliphatic hydroxyl groups is 1. The lowest BCUT2D eigenvalue weighted by molar-refractivity contribution is -0.0777. The van der Waals surface area contributed by atoms with Crippen molar-refractivity contribution >= 4 is 5.69 Å². The first-order valence-electron chi connectivity index (χ1n) is 14.9. The van der Waals surface area contributed by atoms with Crippen molar-refractivity contribution in [1.29, 1.82) is 0 Å². The second-order valence-electron chi connectivity index (χ2n) is 10.7. The maximum Gasteiger partial charge on any atom is 0.142 e. The van der Waals surface area contributed by atoms with E-state index in [1.54, 1.807) is 14.2 Å². The number of nitrogens with zero attached hydrogens (tertiary/aromatic N) is 1. The fourth-order valence-electron chi connectivity index (χ4n) is 5.38. The van der Waals surface area contributed by atoms with Gasteiger partial charge in [0.15, 0.2) is 0 Å². The van der Waals surface area contributed by atoms with Crippen LogP contribution in [0.4, 0.5) is 5.69 Å². The highest BCUT2D eigenvalue weighted by molar-refractivity contribution is 5.61. The van der Waals surface area contributed by atoms with E-state index in [4.69, 9.17) is 28.4 Å². The quantitative estimate of drug-likeness (QED) is 0.276. The average molecular weight is 573 g/mol. The molecule has 0 radical (unpaired) electrons. The Hall–Kier alpha value is -2.24. The summed E-state index contributed by atoms with van der Waals surface area (Å²) < 4.78 is 34.8. The highest BCUT2D eigenvalue weighted by Gasteiger charge is 2.36. The van der Waals surface area contributed by atoms with Gasteiger partial charge >= 0.3 is 0 Å². The zero-order valence-electron chi connectivity index (χ0n) is 24.9. The largest absolute Gasteiger partial charge is 0.490 e. The van der Waals surface area contributed by atoms with E-state index in [-0.39, 0.29) is 18.1 Å². The Balaban J connectivity index is 1.46. The minimum absolute atomic E-state index is 0.0234. The van der Waals surface area contributed by atoms with Crippen LogP contribution in [0.5, 0.6) is 5.75 Å². The third-order valence-electron chi connectivity index (χ3n) is 7.75. The van der Waals surface area contributed by atoms with Crippen molar-refractivity contribution in [2.75, 3.05) is 78.3 Å². The molecule has 41 heavy (non-hydrogen) atoms. The van der Waals surface area contributed by atoms with Gasteiger partial charge in [0.25, 0.3) is 0 Å². The SMILES string of the molecule is CC[C@H](O)CO[C@@H]1CNC[C@H](OCc2ccc3c(c2)N(CCCOC)CCO3)[C@H]1c1ccc(COCCOC)cc1. The van der Waals surface area contributed by atoms with Gasteiger partial charge in [0.05, 0.1) is 63.6 Å². The molecular formula is C32H48N2O7. The van der Waals surface area contributed by atoms with Gasteiger partial charge in [-0.25, -0.2) is 0 Å². The Morgan fingerprint density at radius 2 is 1.71 bits per heavy atom. The topological polar surface area (TPSA) is 90.9 Å². The van der Waals surface area contributed by atoms with Gasteiger partial charge in [0.2, 0.25) is 0 Å². The van der Waals surface area contributed by atoms with Gasteiger partial charge < -0.3 is 43.7 Å². The number of fused-ring (bicyclic) bond motifs is 1. The Bertz CT molecular complexity index is 1020. The van der Waals surface area contributed by atoms with E-state index in [1.165, 1.54) is 0 Å². The van der Waals surface area contributed by atoms with Crippen molar-refractivity contribution in [3.8, 4) is 5.75 Å². The van der Waals surface area contributed by atoms with Crippen molar-refractivity contribution in [3.05, 3.63) is 59.2 Å². The number of anilines is 1. The van der Waals surface area contributed by atoms with Crippen molar-refractivity contribution < 1.29 is 33.5 Å². The minimum atomic E-state index is -0.479. The van der Waals surface area contributed by atoms with Gasteiger partial charge in [0.1, 0.15) is 12.4 Å². The maximum atomic E-state index is 10.2. The molecule has 0 unspecified atom stereocenters. The van der Waals surface area contributed by atoms with Crippen LogP contribution in [0.2, 0.25) is 0 Å². The molecule has 0 aromatic heterocycles. The van der Waals surface area contributed by atoms with E-state index in [0.717, 1.165) is 60.8 Å². The van der Waals surface area contributed by atoms with Crippen LogP contribution in [-0.4, -0.2) is 96.9 Å². The summed E-state index contributed by atoms with van der Waals surface area (Å²) in [6, 6.07) is 14.9.